The van der Waals surface area contributed by atoms with Gasteiger partial charge in [0.1, 0.15) is 5.75 Å². The molecule has 3 aromatic rings. The second-order valence-corrected chi connectivity index (χ2v) is 6.55. The number of thiophene rings is 1. The normalized spacial score (nSPS) is 10.8. The minimum Gasteiger partial charge on any atom is -0.497 e. The fourth-order valence-corrected chi connectivity index (χ4v) is 3.81. The lowest BCUT2D eigenvalue weighted by molar-refractivity contribution is 0.414. The van der Waals surface area contributed by atoms with E-state index in [4.69, 9.17) is 4.74 Å². The topological polar surface area (TPSA) is 39.9 Å². The number of nitrogens with zero attached hydrogens (tertiary/aromatic N) is 3. The van der Waals surface area contributed by atoms with E-state index in [1.807, 2.05) is 18.2 Å². The molecule has 0 aliphatic carbocycles. The van der Waals surface area contributed by atoms with Crippen LogP contribution in [0, 0.1) is 0 Å². The molecule has 0 unspecified atom stereocenters. The van der Waals surface area contributed by atoms with Gasteiger partial charge in [0.2, 0.25) is 0 Å². The number of hydrogen-bond donors (Lipinski definition) is 0. The Labute approximate surface area is 138 Å². The molecule has 22 heavy (non-hydrogen) atoms. The van der Waals surface area contributed by atoms with Crippen molar-refractivity contribution in [2.45, 2.75) is 24.4 Å². The third kappa shape index (κ3) is 3.18. The average Bonchev–Trinajstić information content (AvgIpc) is 3.22. The van der Waals surface area contributed by atoms with E-state index in [9.17, 15) is 0 Å². The van der Waals surface area contributed by atoms with Crippen LogP contribution in [0.3, 0.4) is 0 Å². The Bertz CT molecular complexity index is 720. The van der Waals surface area contributed by atoms with Gasteiger partial charge in [-0.25, -0.2) is 0 Å². The molecule has 0 amide bonds. The van der Waals surface area contributed by atoms with E-state index in [1.54, 1.807) is 30.2 Å². The van der Waals surface area contributed by atoms with Crippen LogP contribution in [-0.4, -0.2) is 21.9 Å². The van der Waals surface area contributed by atoms with E-state index in [0.717, 1.165) is 33.9 Å². The standard InChI is InChI=1S/C16H17N3OS2/c1-3-19-15(14-5-4-10-21-14)17-18-16(19)22-11-12-6-8-13(20-2)9-7-12/h4-10H,3,11H2,1-2H3. The van der Waals surface area contributed by atoms with Crippen LogP contribution in [0.25, 0.3) is 10.7 Å². The molecule has 6 heteroatoms. The van der Waals surface area contributed by atoms with E-state index in [0.29, 0.717) is 0 Å². The summed E-state index contributed by atoms with van der Waals surface area (Å²) in [4.78, 5) is 1.16. The van der Waals surface area contributed by atoms with Gasteiger partial charge in [-0.05, 0) is 36.1 Å². The molecule has 2 heterocycles. The molecule has 0 N–H and O–H groups in total. The van der Waals surface area contributed by atoms with Crippen LogP contribution in [0.1, 0.15) is 12.5 Å². The first kappa shape index (κ1) is 15.1. The molecule has 0 saturated carbocycles. The first-order valence-electron chi connectivity index (χ1n) is 7.04. The zero-order chi connectivity index (χ0) is 15.4. The summed E-state index contributed by atoms with van der Waals surface area (Å²) in [6, 6.07) is 12.3. The monoisotopic (exact) mass is 331 g/mol. The van der Waals surface area contributed by atoms with Crippen molar-refractivity contribution in [1.29, 1.82) is 0 Å². The van der Waals surface area contributed by atoms with Crippen LogP contribution in [-0.2, 0) is 12.3 Å². The highest BCUT2D eigenvalue weighted by Crippen LogP contribution is 2.28. The lowest BCUT2D eigenvalue weighted by Crippen LogP contribution is -1.99. The van der Waals surface area contributed by atoms with Crippen LogP contribution >= 0.6 is 23.1 Å². The molecule has 0 atom stereocenters. The molecular weight excluding hydrogens is 314 g/mol. The summed E-state index contributed by atoms with van der Waals surface area (Å²) in [6.45, 7) is 2.99. The van der Waals surface area contributed by atoms with Gasteiger partial charge in [0.05, 0.1) is 12.0 Å². The van der Waals surface area contributed by atoms with E-state index in [-0.39, 0.29) is 0 Å². The van der Waals surface area contributed by atoms with Crippen molar-refractivity contribution < 1.29 is 4.74 Å². The summed E-state index contributed by atoms with van der Waals surface area (Å²) in [6.07, 6.45) is 0. The first-order valence-corrected chi connectivity index (χ1v) is 8.91. The lowest BCUT2D eigenvalue weighted by Gasteiger charge is -2.06. The van der Waals surface area contributed by atoms with Crippen molar-refractivity contribution in [2.75, 3.05) is 7.11 Å². The predicted molar refractivity (Wildman–Crippen MR) is 91.6 cm³/mol. The van der Waals surface area contributed by atoms with E-state index >= 15 is 0 Å². The summed E-state index contributed by atoms with van der Waals surface area (Å²) in [5.74, 6) is 2.70. The molecule has 1 aromatic carbocycles. The maximum atomic E-state index is 5.18. The fourth-order valence-electron chi connectivity index (χ4n) is 2.14. The third-order valence-corrected chi connectivity index (χ3v) is 5.21. The van der Waals surface area contributed by atoms with Gasteiger partial charge in [-0.1, -0.05) is 30.0 Å². The highest BCUT2D eigenvalue weighted by atomic mass is 32.2. The second kappa shape index (κ2) is 6.98. The molecule has 0 fully saturated rings. The maximum absolute atomic E-state index is 5.18. The van der Waals surface area contributed by atoms with Gasteiger partial charge in [-0.2, -0.15) is 0 Å². The Balaban J connectivity index is 1.75. The quantitative estimate of drug-likeness (QED) is 0.630. The molecule has 114 valence electrons. The minimum absolute atomic E-state index is 0.866. The van der Waals surface area contributed by atoms with E-state index in [2.05, 4.69) is 45.3 Å². The lowest BCUT2D eigenvalue weighted by atomic mass is 10.2. The summed E-state index contributed by atoms with van der Waals surface area (Å²) in [5, 5.41) is 11.7. The Morgan fingerprint density at radius 3 is 2.64 bits per heavy atom. The van der Waals surface area contributed by atoms with Gasteiger partial charge in [0, 0.05) is 12.3 Å². The summed E-state index contributed by atoms with van der Waals surface area (Å²) in [7, 11) is 1.68. The molecule has 4 nitrogen and oxygen atoms in total. The van der Waals surface area contributed by atoms with Gasteiger partial charge in [0.25, 0.3) is 0 Å². The van der Waals surface area contributed by atoms with Crippen molar-refractivity contribution in [1.82, 2.24) is 14.8 Å². The maximum Gasteiger partial charge on any atom is 0.191 e. The van der Waals surface area contributed by atoms with Crippen LogP contribution < -0.4 is 4.74 Å². The molecule has 0 spiro atoms. The van der Waals surface area contributed by atoms with Crippen LogP contribution in [0.2, 0.25) is 0 Å². The number of hydrogen-bond acceptors (Lipinski definition) is 5. The number of aromatic nitrogens is 3. The van der Waals surface area contributed by atoms with Crippen LogP contribution in [0.15, 0.2) is 46.9 Å². The largest absolute Gasteiger partial charge is 0.497 e. The summed E-state index contributed by atoms with van der Waals surface area (Å²) < 4.78 is 7.35. The number of benzene rings is 1. The van der Waals surface area contributed by atoms with Gasteiger partial charge in [0.15, 0.2) is 11.0 Å². The van der Waals surface area contributed by atoms with Crippen molar-refractivity contribution in [3.63, 3.8) is 0 Å². The highest BCUT2D eigenvalue weighted by molar-refractivity contribution is 7.98. The molecule has 0 radical (unpaired) electrons. The van der Waals surface area contributed by atoms with Crippen LogP contribution in [0.4, 0.5) is 0 Å². The summed E-state index contributed by atoms with van der Waals surface area (Å²) in [5.41, 5.74) is 1.24. The average molecular weight is 331 g/mol. The van der Waals surface area contributed by atoms with E-state index in [1.165, 1.54) is 5.56 Å². The summed E-state index contributed by atoms with van der Waals surface area (Å²) >= 11 is 3.40. The molecule has 2 aromatic heterocycles. The van der Waals surface area contributed by atoms with Gasteiger partial charge >= 0.3 is 0 Å². The van der Waals surface area contributed by atoms with Crippen molar-refractivity contribution in [3.05, 3.63) is 47.3 Å². The van der Waals surface area contributed by atoms with Crippen molar-refractivity contribution >= 4 is 23.1 Å². The number of thioether (sulfide) groups is 1. The SMILES string of the molecule is CCn1c(SCc2ccc(OC)cc2)nnc1-c1cccs1. The Morgan fingerprint density at radius 2 is 2.00 bits per heavy atom. The number of methoxy groups -OCH3 is 1. The zero-order valence-electron chi connectivity index (χ0n) is 12.5. The fraction of sp³-hybridized carbons (Fsp3) is 0.250. The van der Waals surface area contributed by atoms with Crippen molar-refractivity contribution in [2.24, 2.45) is 0 Å². The van der Waals surface area contributed by atoms with Gasteiger partial charge in [-0.15, -0.1) is 21.5 Å². The highest BCUT2D eigenvalue weighted by Gasteiger charge is 2.13. The second-order valence-electron chi connectivity index (χ2n) is 4.66. The third-order valence-electron chi connectivity index (χ3n) is 3.30. The van der Waals surface area contributed by atoms with Crippen LogP contribution in [0.5, 0.6) is 5.75 Å². The molecule has 0 bridgehead atoms. The Hall–Kier alpha value is -1.79. The zero-order valence-corrected chi connectivity index (χ0v) is 14.2. The predicted octanol–water partition coefficient (Wildman–Crippen LogP) is 4.33. The number of ether oxygens (including phenoxy) is 1. The molecular formula is C16H17N3OS2. The van der Waals surface area contributed by atoms with Gasteiger partial charge in [-0.3, -0.25) is 0 Å². The van der Waals surface area contributed by atoms with E-state index < -0.39 is 0 Å². The first-order chi connectivity index (χ1) is 10.8. The van der Waals surface area contributed by atoms with Gasteiger partial charge < -0.3 is 9.30 Å². The molecule has 0 saturated heterocycles. The Kier molecular flexibility index (Phi) is 4.80. The Morgan fingerprint density at radius 1 is 1.18 bits per heavy atom. The molecule has 3 rings (SSSR count). The minimum atomic E-state index is 0.866. The van der Waals surface area contributed by atoms with Crippen molar-refractivity contribution in [3.8, 4) is 16.5 Å². The number of rotatable bonds is 6. The molecule has 0 aliphatic rings. The smallest absolute Gasteiger partial charge is 0.191 e. The molecule has 0 aliphatic heterocycles.